The van der Waals surface area contributed by atoms with Gasteiger partial charge in [0, 0.05) is 7.05 Å². The van der Waals surface area contributed by atoms with Crippen LogP contribution in [0, 0.1) is 0 Å². The van der Waals surface area contributed by atoms with E-state index in [1.807, 2.05) is 0 Å². The van der Waals surface area contributed by atoms with Gasteiger partial charge < -0.3 is 9.32 Å². The van der Waals surface area contributed by atoms with Crippen LogP contribution in [-0.4, -0.2) is 27.8 Å². The van der Waals surface area contributed by atoms with E-state index in [0.717, 1.165) is 0 Å². The van der Waals surface area contributed by atoms with Gasteiger partial charge in [-0.25, -0.2) is 9.97 Å². The summed E-state index contributed by atoms with van der Waals surface area (Å²) < 4.78 is 5.95. The number of halogens is 2. The second kappa shape index (κ2) is 5.49. The first-order valence-corrected chi connectivity index (χ1v) is 6.20. The number of hydrogen-bond acceptors (Lipinski definition) is 4. The molecule has 0 saturated carbocycles. The molecule has 94 valence electrons. The molecule has 2 aromatic heterocycles. The molecule has 0 atom stereocenters. The van der Waals surface area contributed by atoms with Crippen LogP contribution >= 0.6 is 27.5 Å². The molecular weight excluding hydrogens is 321 g/mol. The van der Waals surface area contributed by atoms with Crippen LogP contribution in [-0.2, 0) is 6.54 Å². The molecule has 2 aromatic rings. The molecule has 0 aliphatic rings. The zero-order valence-electron chi connectivity index (χ0n) is 9.43. The van der Waals surface area contributed by atoms with E-state index in [4.69, 9.17) is 16.0 Å². The van der Waals surface area contributed by atoms with Gasteiger partial charge in [0.25, 0.3) is 5.91 Å². The first kappa shape index (κ1) is 13.0. The molecule has 5 nitrogen and oxygen atoms in total. The van der Waals surface area contributed by atoms with E-state index in [2.05, 4.69) is 25.9 Å². The number of carbonyl (C=O) groups is 1. The number of nitrogens with zero attached hydrogens (tertiary/aromatic N) is 3. The van der Waals surface area contributed by atoms with Crippen LogP contribution in [0.25, 0.3) is 0 Å². The van der Waals surface area contributed by atoms with Crippen LogP contribution in [0.3, 0.4) is 0 Å². The lowest BCUT2D eigenvalue weighted by Gasteiger charge is -2.14. The minimum absolute atomic E-state index is 0.243. The summed E-state index contributed by atoms with van der Waals surface area (Å²) in [4.78, 5) is 21.2. The van der Waals surface area contributed by atoms with Crippen molar-refractivity contribution in [2.45, 2.75) is 6.54 Å². The van der Waals surface area contributed by atoms with Crippen molar-refractivity contribution >= 4 is 33.4 Å². The molecule has 0 aliphatic carbocycles. The smallest absolute Gasteiger partial charge is 0.274 e. The standard InChI is InChI=1S/C11H9BrClN3O2/c1-16(6-7-2-3-9(12)18-7)11(17)8-4-15-10(13)5-14-8/h2-5H,6H2,1H3. The van der Waals surface area contributed by atoms with Gasteiger partial charge in [-0.3, -0.25) is 4.79 Å². The maximum atomic E-state index is 12.0. The summed E-state index contributed by atoms with van der Waals surface area (Å²) in [7, 11) is 1.66. The number of rotatable bonds is 3. The third kappa shape index (κ3) is 3.08. The van der Waals surface area contributed by atoms with Crippen LogP contribution in [0.5, 0.6) is 0 Å². The lowest BCUT2D eigenvalue weighted by Crippen LogP contribution is -2.26. The van der Waals surface area contributed by atoms with Crippen LogP contribution in [0.15, 0.2) is 33.6 Å². The third-order valence-electron chi connectivity index (χ3n) is 2.21. The van der Waals surface area contributed by atoms with Crippen molar-refractivity contribution in [1.29, 1.82) is 0 Å². The highest BCUT2D eigenvalue weighted by Gasteiger charge is 2.15. The molecule has 2 rings (SSSR count). The van der Waals surface area contributed by atoms with E-state index in [1.165, 1.54) is 17.3 Å². The molecule has 0 aromatic carbocycles. The maximum absolute atomic E-state index is 12.0. The Bertz CT molecular complexity index is 556. The Kier molecular flexibility index (Phi) is 3.98. The Balaban J connectivity index is 2.07. The minimum atomic E-state index is -0.244. The number of furan rings is 1. The molecule has 0 saturated heterocycles. The van der Waals surface area contributed by atoms with E-state index in [9.17, 15) is 4.79 Å². The van der Waals surface area contributed by atoms with Crippen LogP contribution < -0.4 is 0 Å². The number of hydrogen-bond donors (Lipinski definition) is 0. The van der Waals surface area contributed by atoms with E-state index >= 15 is 0 Å². The van der Waals surface area contributed by atoms with Gasteiger partial charge in [0.2, 0.25) is 0 Å². The number of amides is 1. The summed E-state index contributed by atoms with van der Waals surface area (Å²) in [5, 5.41) is 0.254. The first-order valence-electron chi connectivity index (χ1n) is 5.03. The summed E-state index contributed by atoms with van der Waals surface area (Å²) in [6.07, 6.45) is 2.69. The van der Waals surface area contributed by atoms with E-state index in [0.29, 0.717) is 17.0 Å². The fourth-order valence-electron chi connectivity index (χ4n) is 1.36. The summed E-state index contributed by atoms with van der Waals surface area (Å²) in [5.74, 6) is 0.436. The van der Waals surface area contributed by atoms with Gasteiger partial charge in [0.05, 0.1) is 18.9 Å². The van der Waals surface area contributed by atoms with Crippen molar-refractivity contribution in [2.24, 2.45) is 0 Å². The Morgan fingerprint density at radius 3 is 2.78 bits per heavy atom. The van der Waals surface area contributed by atoms with Crippen molar-refractivity contribution in [2.75, 3.05) is 7.05 Å². The van der Waals surface area contributed by atoms with Gasteiger partial charge >= 0.3 is 0 Å². The van der Waals surface area contributed by atoms with Crippen molar-refractivity contribution in [1.82, 2.24) is 14.9 Å². The van der Waals surface area contributed by atoms with Gasteiger partial charge in [-0.1, -0.05) is 11.6 Å². The molecule has 0 radical (unpaired) electrons. The zero-order chi connectivity index (χ0) is 13.1. The average Bonchev–Trinajstić information content (AvgIpc) is 2.75. The number of aromatic nitrogens is 2. The molecule has 7 heteroatoms. The second-order valence-electron chi connectivity index (χ2n) is 3.59. The predicted octanol–water partition coefficient (Wildman–Crippen LogP) is 2.76. The normalized spacial score (nSPS) is 10.4. The summed E-state index contributed by atoms with van der Waals surface area (Å²) in [6, 6.07) is 3.57. The van der Waals surface area contributed by atoms with Gasteiger partial charge in [0.1, 0.15) is 16.6 Å². The SMILES string of the molecule is CN(Cc1ccc(Br)o1)C(=O)c1cnc(Cl)cn1. The maximum Gasteiger partial charge on any atom is 0.274 e. The average molecular weight is 331 g/mol. The highest BCUT2D eigenvalue weighted by Crippen LogP contribution is 2.16. The Labute approximate surface area is 117 Å². The fraction of sp³-hybridized carbons (Fsp3) is 0.182. The summed E-state index contributed by atoms with van der Waals surface area (Å²) in [5.41, 5.74) is 0.243. The molecule has 0 spiro atoms. The van der Waals surface area contributed by atoms with Gasteiger partial charge in [-0.15, -0.1) is 0 Å². The fourth-order valence-corrected chi connectivity index (χ4v) is 1.80. The van der Waals surface area contributed by atoms with Crippen molar-refractivity contribution < 1.29 is 9.21 Å². The van der Waals surface area contributed by atoms with Gasteiger partial charge in [-0.2, -0.15) is 0 Å². The highest BCUT2D eigenvalue weighted by atomic mass is 79.9. The van der Waals surface area contributed by atoms with Crippen LogP contribution in [0.1, 0.15) is 16.2 Å². The van der Waals surface area contributed by atoms with E-state index in [1.54, 1.807) is 19.2 Å². The summed E-state index contributed by atoms with van der Waals surface area (Å²) in [6.45, 7) is 0.356. The van der Waals surface area contributed by atoms with Crippen LogP contribution in [0.2, 0.25) is 5.15 Å². The minimum Gasteiger partial charge on any atom is -0.452 e. The lowest BCUT2D eigenvalue weighted by molar-refractivity contribution is 0.0768. The number of carbonyl (C=O) groups excluding carboxylic acids is 1. The van der Waals surface area contributed by atoms with E-state index in [-0.39, 0.29) is 16.8 Å². The molecule has 0 fully saturated rings. The second-order valence-corrected chi connectivity index (χ2v) is 4.76. The largest absolute Gasteiger partial charge is 0.452 e. The van der Waals surface area contributed by atoms with Crippen molar-refractivity contribution in [3.05, 3.63) is 45.8 Å². The third-order valence-corrected chi connectivity index (χ3v) is 2.83. The molecular formula is C11H9BrClN3O2. The van der Waals surface area contributed by atoms with Gasteiger partial charge in [-0.05, 0) is 28.1 Å². The Morgan fingerprint density at radius 2 is 2.22 bits per heavy atom. The lowest BCUT2D eigenvalue weighted by atomic mass is 10.3. The topological polar surface area (TPSA) is 59.2 Å². The monoisotopic (exact) mass is 329 g/mol. The first-order chi connectivity index (χ1) is 8.56. The van der Waals surface area contributed by atoms with E-state index < -0.39 is 0 Å². The Hall–Kier alpha value is -1.40. The molecule has 0 unspecified atom stereocenters. The molecule has 0 N–H and O–H groups in total. The van der Waals surface area contributed by atoms with Crippen molar-refractivity contribution in [3.8, 4) is 0 Å². The molecule has 0 aliphatic heterocycles. The predicted molar refractivity (Wildman–Crippen MR) is 69.2 cm³/mol. The zero-order valence-corrected chi connectivity index (χ0v) is 11.8. The van der Waals surface area contributed by atoms with Crippen molar-refractivity contribution in [3.63, 3.8) is 0 Å². The molecule has 0 bridgehead atoms. The Morgan fingerprint density at radius 1 is 1.44 bits per heavy atom. The molecule has 1 amide bonds. The molecule has 18 heavy (non-hydrogen) atoms. The summed E-state index contributed by atoms with van der Waals surface area (Å²) >= 11 is 8.81. The highest BCUT2D eigenvalue weighted by molar-refractivity contribution is 9.10. The van der Waals surface area contributed by atoms with Crippen LogP contribution in [0.4, 0.5) is 0 Å². The molecule has 2 heterocycles. The quantitative estimate of drug-likeness (QED) is 0.868. The van der Waals surface area contributed by atoms with Gasteiger partial charge in [0.15, 0.2) is 4.67 Å².